The zero-order valence-electron chi connectivity index (χ0n) is 14.7. The number of rotatable bonds is 8. The summed E-state index contributed by atoms with van der Waals surface area (Å²) < 4.78 is 11.0. The summed E-state index contributed by atoms with van der Waals surface area (Å²) in [5.41, 5.74) is 6.55. The maximum Gasteiger partial charge on any atom is 0.223 e. The number of anilines is 1. The molecular weight excluding hydrogens is 423 g/mol. The molecular formula is C16H27IN4O3. The van der Waals surface area contributed by atoms with Gasteiger partial charge in [0.25, 0.3) is 0 Å². The zero-order valence-corrected chi connectivity index (χ0v) is 17.0. The number of halogens is 1. The number of carbonyl (C=O) groups excluding carboxylic acids is 1. The molecule has 0 aliphatic heterocycles. The van der Waals surface area contributed by atoms with E-state index in [0.717, 1.165) is 0 Å². The van der Waals surface area contributed by atoms with Crippen LogP contribution in [0.5, 0.6) is 11.5 Å². The summed E-state index contributed by atoms with van der Waals surface area (Å²) in [6.45, 7) is 5.26. The van der Waals surface area contributed by atoms with Gasteiger partial charge in [0.15, 0.2) is 5.96 Å². The highest BCUT2D eigenvalue weighted by molar-refractivity contribution is 14.0. The van der Waals surface area contributed by atoms with Crippen LogP contribution in [0.15, 0.2) is 23.2 Å². The second-order valence-electron chi connectivity index (χ2n) is 4.95. The molecule has 0 bridgehead atoms. The Balaban J connectivity index is 0.00000529. The highest BCUT2D eigenvalue weighted by Crippen LogP contribution is 2.29. The van der Waals surface area contributed by atoms with Gasteiger partial charge in [-0.3, -0.25) is 9.79 Å². The molecule has 0 saturated carbocycles. The molecule has 0 radical (unpaired) electrons. The first-order valence-electron chi connectivity index (χ1n) is 7.64. The van der Waals surface area contributed by atoms with E-state index >= 15 is 0 Å². The Morgan fingerprint density at radius 2 is 1.92 bits per heavy atom. The normalized spacial score (nSPS) is 10.6. The largest absolute Gasteiger partial charge is 0.494 e. The van der Waals surface area contributed by atoms with Crippen LogP contribution in [0.25, 0.3) is 0 Å². The van der Waals surface area contributed by atoms with Crippen LogP contribution in [0.3, 0.4) is 0 Å². The SMILES string of the molecule is CCOc1ccc(OCC)c(NC(N)=NCCC(=O)N(C)C)c1.I. The number of carbonyl (C=O) groups is 1. The molecule has 0 aliphatic rings. The Morgan fingerprint density at radius 3 is 2.50 bits per heavy atom. The van der Waals surface area contributed by atoms with Gasteiger partial charge in [0, 0.05) is 26.6 Å². The maximum absolute atomic E-state index is 11.5. The molecule has 7 nitrogen and oxygen atoms in total. The fourth-order valence-corrected chi connectivity index (χ4v) is 1.82. The Hall–Kier alpha value is -1.71. The van der Waals surface area contributed by atoms with E-state index in [4.69, 9.17) is 15.2 Å². The second kappa shape index (κ2) is 11.8. The van der Waals surface area contributed by atoms with Gasteiger partial charge in [-0.2, -0.15) is 0 Å². The van der Waals surface area contributed by atoms with Crippen molar-refractivity contribution in [3.63, 3.8) is 0 Å². The smallest absolute Gasteiger partial charge is 0.223 e. The standard InChI is InChI=1S/C16H26N4O3.HI/c1-5-22-12-7-8-14(23-6-2)13(11-12)19-16(17)18-10-9-15(21)20(3)4;/h7-8,11H,5-6,9-10H2,1-4H3,(H3,17,18,19);1H. The second-order valence-corrected chi connectivity index (χ2v) is 4.95. The molecule has 1 amide bonds. The van der Waals surface area contributed by atoms with Crippen LogP contribution in [-0.4, -0.2) is 50.6 Å². The van der Waals surface area contributed by atoms with Crippen LogP contribution in [0.1, 0.15) is 20.3 Å². The number of benzene rings is 1. The van der Waals surface area contributed by atoms with Gasteiger partial charge >= 0.3 is 0 Å². The molecule has 0 unspecified atom stereocenters. The van der Waals surface area contributed by atoms with E-state index in [9.17, 15) is 4.79 Å². The molecule has 24 heavy (non-hydrogen) atoms. The summed E-state index contributed by atoms with van der Waals surface area (Å²) in [4.78, 5) is 17.2. The number of ether oxygens (including phenoxy) is 2. The van der Waals surface area contributed by atoms with Gasteiger partial charge in [0.05, 0.1) is 25.4 Å². The molecule has 3 N–H and O–H groups in total. The van der Waals surface area contributed by atoms with E-state index in [0.29, 0.717) is 43.4 Å². The van der Waals surface area contributed by atoms with Gasteiger partial charge in [-0.1, -0.05) is 0 Å². The lowest BCUT2D eigenvalue weighted by molar-refractivity contribution is -0.128. The Bertz CT molecular complexity index is 550. The van der Waals surface area contributed by atoms with E-state index in [-0.39, 0.29) is 35.8 Å². The van der Waals surface area contributed by atoms with Gasteiger partial charge in [-0.05, 0) is 26.0 Å². The average Bonchev–Trinajstić information content (AvgIpc) is 2.50. The molecule has 1 aromatic carbocycles. The maximum atomic E-state index is 11.5. The highest BCUT2D eigenvalue weighted by atomic mass is 127. The first kappa shape index (κ1) is 22.3. The number of amides is 1. The van der Waals surface area contributed by atoms with E-state index in [1.54, 1.807) is 14.1 Å². The van der Waals surface area contributed by atoms with Crippen molar-refractivity contribution in [3.05, 3.63) is 18.2 Å². The number of nitrogens with one attached hydrogen (secondary N) is 1. The van der Waals surface area contributed by atoms with Crippen LogP contribution in [0, 0.1) is 0 Å². The number of hydrogen-bond donors (Lipinski definition) is 2. The summed E-state index contributed by atoms with van der Waals surface area (Å²) >= 11 is 0. The van der Waals surface area contributed by atoms with Gasteiger partial charge in [0.1, 0.15) is 11.5 Å². The van der Waals surface area contributed by atoms with Crippen molar-refractivity contribution in [2.24, 2.45) is 10.7 Å². The third kappa shape index (κ3) is 7.71. The number of aliphatic imine (C=N–C) groups is 1. The quantitative estimate of drug-likeness (QED) is 0.361. The van der Waals surface area contributed by atoms with Gasteiger partial charge in [-0.15, -0.1) is 24.0 Å². The molecule has 0 aliphatic carbocycles. The van der Waals surface area contributed by atoms with Crippen LogP contribution in [-0.2, 0) is 4.79 Å². The minimum absolute atomic E-state index is 0. The summed E-state index contributed by atoms with van der Waals surface area (Å²) in [5, 5.41) is 2.99. The number of hydrogen-bond acceptors (Lipinski definition) is 4. The van der Waals surface area contributed by atoms with Crippen molar-refractivity contribution in [2.45, 2.75) is 20.3 Å². The molecule has 8 heteroatoms. The number of guanidine groups is 1. The fraction of sp³-hybridized carbons (Fsp3) is 0.500. The van der Waals surface area contributed by atoms with Crippen molar-refractivity contribution < 1.29 is 14.3 Å². The Morgan fingerprint density at radius 1 is 1.25 bits per heavy atom. The van der Waals surface area contributed by atoms with E-state index < -0.39 is 0 Å². The lowest BCUT2D eigenvalue weighted by Crippen LogP contribution is -2.25. The van der Waals surface area contributed by atoms with E-state index in [2.05, 4.69) is 10.3 Å². The topological polar surface area (TPSA) is 89.2 Å². The first-order chi connectivity index (χ1) is 11.0. The van der Waals surface area contributed by atoms with Crippen LogP contribution in [0.2, 0.25) is 0 Å². The van der Waals surface area contributed by atoms with E-state index in [1.807, 2.05) is 32.0 Å². The molecule has 0 fully saturated rings. The molecule has 1 aromatic rings. The fourth-order valence-electron chi connectivity index (χ4n) is 1.82. The van der Waals surface area contributed by atoms with Crippen molar-refractivity contribution in [1.82, 2.24) is 4.90 Å². The van der Waals surface area contributed by atoms with E-state index in [1.165, 1.54) is 4.90 Å². The monoisotopic (exact) mass is 450 g/mol. The predicted octanol–water partition coefficient (Wildman–Crippen LogP) is 2.31. The van der Waals surface area contributed by atoms with Crippen molar-refractivity contribution in [3.8, 4) is 11.5 Å². The molecule has 0 spiro atoms. The van der Waals surface area contributed by atoms with Crippen LogP contribution < -0.4 is 20.5 Å². The molecule has 136 valence electrons. The minimum atomic E-state index is 0. The molecule has 0 aromatic heterocycles. The molecule has 0 atom stereocenters. The van der Waals surface area contributed by atoms with Crippen LogP contribution >= 0.6 is 24.0 Å². The Labute approximate surface area is 160 Å². The number of nitrogens with two attached hydrogens (primary N) is 1. The summed E-state index contributed by atoms with van der Waals surface area (Å²) in [7, 11) is 3.42. The van der Waals surface area contributed by atoms with Gasteiger partial charge in [0.2, 0.25) is 5.91 Å². The van der Waals surface area contributed by atoms with Crippen molar-refractivity contribution in [2.75, 3.05) is 39.2 Å². The van der Waals surface area contributed by atoms with Crippen molar-refractivity contribution in [1.29, 1.82) is 0 Å². The predicted molar refractivity (Wildman–Crippen MR) is 108 cm³/mol. The molecule has 0 heterocycles. The highest BCUT2D eigenvalue weighted by Gasteiger charge is 2.08. The zero-order chi connectivity index (χ0) is 17.2. The van der Waals surface area contributed by atoms with Gasteiger partial charge < -0.3 is 25.4 Å². The van der Waals surface area contributed by atoms with Gasteiger partial charge in [-0.25, -0.2) is 0 Å². The summed E-state index contributed by atoms with van der Waals surface area (Å²) in [6.07, 6.45) is 0.312. The third-order valence-corrected chi connectivity index (χ3v) is 2.93. The molecule has 0 saturated heterocycles. The first-order valence-corrected chi connectivity index (χ1v) is 7.64. The minimum Gasteiger partial charge on any atom is -0.494 e. The third-order valence-electron chi connectivity index (χ3n) is 2.93. The van der Waals surface area contributed by atoms with Crippen LogP contribution in [0.4, 0.5) is 5.69 Å². The lowest BCUT2D eigenvalue weighted by atomic mass is 10.2. The Kier molecular flexibility index (Phi) is 10.9. The average molecular weight is 450 g/mol. The molecule has 1 rings (SSSR count). The summed E-state index contributed by atoms with van der Waals surface area (Å²) in [5.74, 6) is 1.62. The number of nitrogens with zero attached hydrogens (tertiary/aromatic N) is 2. The lowest BCUT2D eigenvalue weighted by Gasteiger charge is -2.14. The van der Waals surface area contributed by atoms with Crippen molar-refractivity contribution >= 4 is 41.5 Å². The summed E-state index contributed by atoms with van der Waals surface area (Å²) in [6, 6.07) is 5.46.